The van der Waals surface area contributed by atoms with E-state index in [1.807, 2.05) is 11.8 Å². The molecule has 5 heteroatoms. The fourth-order valence-electron chi connectivity index (χ4n) is 1.58. The zero-order valence-electron chi connectivity index (χ0n) is 9.41. The van der Waals surface area contributed by atoms with Crippen molar-refractivity contribution in [2.75, 3.05) is 25.2 Å². The predicted molar refractivity (Wildman–Crippen MR) is 70.6 cm³/mol. The Kier molecular flexibility index (Phi) is 6.36. The van der Waals surface area contributed by atoms with Crippen LogP contribution in [0, 0.1) is 0 Å². The summed E-state index contributed by atoms with van der Waals surface area (Å²) < 4.78 is 5.04. The molecule has 0 bridgehead atoms. The van der Waals surface area contributed by atoms with Gasteiger partial charge >= 0.3 is 0 Å². The van der Waals surface area contributed by atoms with Gasteiger partial charge in [-0.05, 0) is 43.5 Å². The van der Waals surface area contributed by atoms with Crippen molar-refractivity contribution in [3.05, 3.63) is 0 Å². The van der Waals surface area contributed by atoms with Crippen LogP contribution in [0.25, 0.3) is 0 Å². The second-order valence-electron chi connectivity index (χ2n) is 3.86. The zero-order chi connectivity index (χ0) is 11.1. The lowest BCUT2D eigenvalue weighted by Crippen LogP contribution is -2.47. The Bertz CT molecular complexity index is 196. The van der Waals surface area contributed by atoms with Gasteiger partial charge in [0.2, 0.25) is 0 Å². The number of thioether (sulfide) groups is 1. The summed E-state index contributed by atoms with van der Waals surface area (Å²) in [4.78, 5) is 0. The van der Waals surface area contributed by atoms with Crippen molar-refractivity contribution in [1.82, 2.24) is 10.6 Å². The average molecular weight is 248 g/mol. The lowest BCUT2D eigenvalue weighted by molar-refractivity contribution is 0.179. The summed E-state index contributed by atoms with van der Waals surface area (Å²) in [6.07, 6.45) is 2.43. The van der Waals surface area contributed by atoms with Gasteiger partial charge in [0, 0.05) is 19.2 Å². The van der Waals surface area contributed by atoms with E-state index in [-0.39, 0.29) is 6.04 Å². The number of nitrogens with one attached hydrogen (secondary N) is 2. The molecule has 0 radical (unpaired) electrons. The fraction of sp³-hybridized carbons (Fsp3) is 0.900. The molecule has 0 spiro atoms. The molecule has 0 amide bonds. The van der Waals surface area contributed by atoms with Crippen molar-refractivity contribution >= 4 is 29.1 Å². The summed E-state index contributed by atoms with van der Waals surface area (Å²) in [6, 6.07) is 0.828. The maximum Gasteiger partial charge on any atom is 0.166 e. The van der Waals surface area contributed by atoms with Gasteiger partial charge in [-0.3, -0.25) is 0 Å². The zero-order valence-corrected chi connectivity index (χ0v) is 11.0. The van der Waals surface area contributed by atoms with Gasteiger partial charge in [-0.25, -0.2) is 0 Å². The standard InChI is InChI=1S/C10H20N2OS2/c1-8(7-13-2)11-10(14)12-9-3-5-15-6-4-9/h8-9H,3-7H2,1-2H3,(H2,11,12,14). The minimum Gasteiger partial charge on any atom is -0.383 e. The largest absolute Gasteiger partial charge is 0.383 e. The van der Waals surface area contributed by atoms with Gasteiger partial charge < -0.3 is 15.4 Å². The second-order valence-corrected chi connectivity index (χ2v) is 5.49. The second kappa shape index (κ2) is 7.30. The van der Waals surface area contributed by atoms with E-state index in [0.29, 0.717) is 12.6 Å². The van der Waals surface area contributed by atoms with Crippen LogP contribution in [0.3, 0.4) is 0 Å². The third kappa shape index (κ3) is 5.58. The molecule has 15 heavy (non-hydrogen) atoms. The van der Waals surface area contributed by atoms with Crippen molar-refractivity contribution in [2.45, 2.75) is 31.8 Å². The number of rotatable bonds is 4. The van der Waals surface area contributed by atoms with Crippen molar-refractivity contribution in [3.63, 3.8) is 0 Å². The van der Waals surface area contributed by atoms with E-state index in [1.54, 1.807) is 7.11 Å². The van der Waals surface area contributed by atoms with E-state index in [2.05, 4.69) is 17.6 Å². The Morgan fingerprint density at radius 1 is 1.53 bits per heavy atom. The van der Waals surface area contributed by atoms with Gasteiger partial charge in [0.15, 0.2) is 5.11 Å². The summed E-state index contributed by atoms with van der Waals surface area (Å²) in [5.74, 6) is 2.49. The lowest BCUT2D eigenvalue weighted by atomic mass is 10.2. The van der Waals surface area contributed by atoms with E-state index < -0.39 is 0 Å². The first-order valence-electron chi connectivity index (χ1n) is 5.36. The Balaban J connectivity index is 2.16. The first-order valence-corrected chi connectivity index (χ1v) is 6.92. The van der Waals surface area contributed by atoms with Crippen molar-refractivity contribution in [2.24, 2.45) is 0 Å². The topological polar surface area (TPSA) is 33.3 Å². The highest BCUT2D eigenvalue weighted by Crippen LogP contribution is 2.16. The Hall–Kier alpha value is 0. The van der Waals surface area contributed by atoms with Crippen molar-refractivity contribution in [1.29, 1.82) is 0 Å². The highest BCUT2D eigenvalue weighted by Gasteiger charge is 2.14. The number of methoxy groups -OCH3 is 1. The molecule has 0 saturated carbocycles. The number of hydrogen-bond acceptors (Lipinski definition) is 3. The molecule has 1 unspecified atom stereocenters. The molecule has 0 aromatic carbocycles. The third-order valence-corrected chi connectivity index (χ3v) is 3.64. The summed E-state index contributed by atoms with van der Waals surface area (Å²) in [5.41, 5.74) is 0. The molecule has 0 aromatic heterocycles. The van der Waals surface area contributed by atoms with Crippen LogP contribution in [-0.4, -0.2) is 42.4 Å². The Labute approximate surface area is 102 Å². The molecule has 0 aromatic rings. The van der Waals surface area contributed by atoms with Gasteiger partial charge in [0.25, 0.3) is 0 Å². The van der Waals surface area contributed by atoms with Crippen LogP contribution in [0.15, 0.2) is 0 Å². The maximum absolute atomic E-state index is 5.24. The number of thiocarbonyl (C=S) groups is 1. The fourth-order valence-corrected chi connectivity index (χ4v) is 3.06. The highest BCUT2D eigenvalue weighted by molar-refractivity contribution is 7.99. The molecule has 1 aliphatic heterocycles. The summed E-state index contributed by atoms with van der Waals surface area (Å²) in [7, 11) is 1.70. The molecule has 1 fully saturated rings. The Morgan fingerprint density at radius 2 is 2.20 bits per heavy atom. The molecular formula is C10H20N2OS2. The van der Waals surface area contributed by atoms with E-state index in [1.165, 1.54) is 24.3 Å². The van der Waals surface area contributed by atoms with Crippen LogP contribution in [0.2, 0.25) is 0 Å². The molecule has 0 aliphatic carbocycles. The summed E-state index contributed by atoms with van der Waals surface area (Å²) in [5, 5.41) is 7.34. The van der Waals surface area contributed by atoms with Gasteiger partial charge in [-0.1, -0.05) is 0 Å². The van der Waals surface area contributed by atoms with Crippen LogP contribution in [-0.2, 0) is 4.74 Å². The molecule has 1 saturated heterocycles. The number of hydrogen-bond donors (Lipinski definition) is 2. The van der Waals surface area contributed by atoms with Crippen LogP contribution in [0.5, 0.6) is 0 Å². The maximum atomic E-state index is 5.24. The molecule has 88 valence electrons. The van der Waals surface area contributed by atoms with E-state index in [9.17, 15) is 0 Å². The summed E-state index contributed by atoms with van der Waals surface area (Å²) >= 11 is 7.26. The molecule has 1 atom stereocenters. The van der Waals surface area contributed by atoms with Crippen molar-refractivity contribution in [3.8, 4) is 0 Å². The van der Waals surface area contributed by atoms with E-state index in [0.717, 1.165) is 5.11 Å². The third-order valence-electron chi connectivity index (χ3n) is 2.35. The monoisotopic (exact) mass is 248 g/mol. The van der Waals surface area contributed by atoms with Crippen molar-refractivity contribution < 1.29 is 4.74 Å². The van der Waals surface area contributed by atoms with Crippen LogP contribution >= 0.6 is 24.0 Å². The highest BCUT2D eigenvalue weighted by atomic mass is 32.2. The molecule has 2 N–H and O–H groups in total. The first-order chi connectivity index (χ1) is 7.22. The van der Waals surface area contributed by atoms with E-state index in [4.69, 9.17) is 17.0 Å². The van der Waals surface area contributed by atoms with Gasteiger partial charge in [0.05, 0.1) is 6.61 Å². The SMILES string of the molecule is COCC(C)NC(=S)NC1CCSCC1. The first kappa shape index (κ1) is 13.1. The average Bonchev–Trinajstić information content (AvgIpc) is 2.19. The quantitative estimate of drug-likeness (QED) is 0.735. The van der Waals surface area contributed by atoms with E-state index >= 15 is 0 Å². The lowest BCUT2D eigenvalue weighted by Gasteiger charge is -2.25. The molecule has 1 aliphatic rings. The normalized spacial score (nSPS) is 19.6. The van der Waals surface area contributed by atoms with Crippen LogP contribution in [0.4, 0.5) is 0 Å². The Morgan fingerprint density at radius 3 is 2.80 bits per heavy atom. The van der Waals surface area contributed by atoms with Gasteiger partial charge in [-0.15, -0.1) is 0 Å². The van der Waals surface area contributed by atoms with Gasteiger partial charge in [0.1, 0.15) is 0 Å². The molecule has 1 heterocycles. The molecule has 1 rings (SSSR count). The summed E-state index contributed by atoms with van der Waals surface area (Å²) in [6.45, 7) is 2.75. The number of ether oxygens (including phenoxy) is 1. The van der Waals surface area contributed by atoms with Gasteiger partial charge in [-0.2, -0.15) is 11.8 Å². The molecular weight excluding hydrogens is 228 g/mol. The minimum absolute atomic E-state index is 0.271. The molecule has 3 nitrogen and oxygen atoms in total. The van der Waals surface area contributed by atoms with Crippen LogP contribution in [0.1, 0.15) is 19.8 Å². The predicted octanol–water partition coefficient (Wildman–Crippen LogP) is 1.38. The van der Waals surface area contributed by atoms with Crippen LogP contribution < -0.4 is 10.6 Å². The minimum atomic E-state index is 0.271. The smallest absolute Gasteiger partial charge is 0.166 e.